The molecule has 0 radical (unpaired) electrons. The molecule has 78 valence electrons. The highest BCUT2D eigenvalue weighted by Gasteiger charge is 2.21. The Bertz CT molecular complexity index is 346. The summed E-state index contributed by atoms with van der Waals surface area (Å²) in [6, 6.07) is 7.13. The zero-order valence-corrected chi connectivity index (χ0v) is 9.72. The van der Waals surface area contributed by atoms with Crippen LogP contribution in [0.2, 0.25) is 5.02 Å². The van der Waals surface area contributed by atoms with E-state index in [0.717, 1.165) is 5.56 Å². The molecular weight excluding hydrogens is 223 g/mol. The second-order valence-corrected chi connectivity index (χ2v) is 5.47. The molecule has 14 heavy (non-hydrogen) atoms. The van der Waals surface area contributed by atoms with Crippen molar-refractivity contribution < 1.29 is 13.6 Å². The first kappa shape index (κ1) is 11.7. The Labute approximate surface area is 88.5 Å². The van der Waals surface area contributed by atoms with E-state index in [1.165, 1.54) is 14.2 Å². The second-order valence-electron chi connectivity index (χ2n) is 2.76. The van der Waals surface area contributed by atoms with Crippen molar-refractivity contribution in [2.24, 2.45) is 0 Å². The third-order valence-electron chi connectivity index (χ3n) is 1.82. The number of rotatable bonds is 4. The average molecular weight is 235 g/mol. The molecule has 0 atom stereocenters. The Hall–Kier alpha value is -0.340. The molecule has 1 rings (SSSR count). The maximum Gasteiger partial charge on any atom is 0.334 e. The Morgan fingerprint density at radius 2 is 2.00 bits per heavy atom. The van der Waals surface area contributed by atoms with Crippen molar-refractivity contribution in [3.05, 3.63) is 34.9 Å². The van der Waals surface area contributed by atoms with Crippen LogP contribution in [0.4, 0.5) is 0 Å². The van der Waals surface area contributed by atoms with E-state index < -0.39 is 7.60 Å². The lowest BCUT2D eigenvalue weighted by Crippen LogP contribution is -1.93. The monoisotopic (exact) mass is 234 g/mol. The Morgan fingerprint density at radius 1 is 1.36 bits per heavy atom. The van der Waals surface area contributed by atoms with Crippen molar-refractivity contribution in [2.45, 2.75) is 6.16 Å². The minimum absolute atomic E-state index is 0.237. The first-order valence-corrected chi connectivity index (χ1v) is 6.15. The standard InChI is InChI=1S/C9H12ClO3P/c1-12-14(11,13-2)7-8-4-3-5-9(10)6-8/h3-6H,7H2,1-2H3. The van der Waals surface area contributed by atoms with Gasteiger partial charge in [0.1, 0.15) is 0 Å². The van der Waals surface area contributed by atoms with E-state index in [2.05, 4.69) is 0 Å². The van der Waals surface area contributed by atoms with E-state index in [4.69, 9.17) is 20.6 Å². The van der Waals surface area contributed by atoms with Crippen LogP contribution >= 0.6 is 19.2 Å². The van der Waals surface area contributed by atoms with Crippen molar-refractivity contribution in [3.63, 3.8) is 0 Å². The summed E-state index contributed by atoms with van der Waals surface area (Å²) in [7, 11) is -0.242. The number of hydrogen-bond donors (Lipinski definition) is 0. The van der Waals surface area contributed by atoms with Crippen LogP contribution in [0.25, 0.3) is 0 Å². The molecule has 0 aliphatic heterocycles. The van der Waals surface area contributed by atoms with Gasteiger partial charge in [-0.25, -0.2) is 0 Å². The molecule has 0 aliphatic carbocycles. The van der Waals surface area contributed by atoms with Crippen LogP contribution in [-0.2, 0) is 19.8 Å². The van der Waals surface area contributed by atoms with Crippen LogP contribution in [0.1, 0.15) is 5.56 Å². The van der Waals surface area contributed by atoms with Gasteiger partial charge in [-0.15, -0.1) is 0 Å². The van der Waals surface area contributed by atoms with Crippen LogP contribution in [0.5, 0.6) is 0 Å². The Morgan fingerprint density at radius 3 is 2.50 bits per heavy atom. The lowest BCUT2D eigenvalue weighted by atomic mass is 10.2. The van der Waals surface area contributed by atoms with E-state index in [1.807, 2.05) is 6.07 Å². The summed E-state index contributed by atoms with van der Waals surface area (Å²) in [6.07, 6.45) is 0.237. The SMILES string of the molecule is COP(=O)(Cc1cccc(Cl)c1)OC. The van der Waals surface area contributed by atoms with Gasteiger partial charge in [-0.2, -0.15) is 0 Å². The first-order valence-electron chi connectivity index (χ1n) is 4.04. The molecule has 0 amide bonds. The lowest BCUT2D eigenvalue weighted by Gasteiger charge is -2.13. The van der Waals surface area contributed by atoms with Crippen molar-refractivity contribution in [1.82, 2.24) is 0 Å². The summed E-state index contributed by atoms with van der Waals surface area (Å²) in [6.45, 7) is 0. The van der Waals surface area contributed by atoms with Gasteiger partial charge in [-0.1, -0.05) is 23.7 Å². The molecule has 0 saturated carbocycles. The van der Waals surface area contributed by atoms with Gasteiger partial charge in [0.05, 0.1) is 6.16 Å². The van der Waals surface area contributed by atoms with Crippen LogP contribution in [0, 0.1) is 0 Å². The maximum absolute atomic E-state index is 11.7. The second kappa shape index (κ2) is 4.94. The topological polar surface area (TPSA) is 35.5 Å². The van der Waals surface area contributed by atoms with Crippen LogP contribution in [-0.4, -0.2) is 14.2 Å². The maximum atomic E-state index is 11.7. The van der Waals surface area contributed by atoms with E-state index in [9.17, 15) is 4.57 Å². The molecule has 0 spiro atoms. The molecule has 1 aromatic rings. The number of halogens is 1. The highest BCUT2D eigenvalue weighted by atomic mass is 35.5. The molecule has 0 N–H and O–H groups in total. The normalized spacial score (nSPS) is 11.6. The fourth-order valence-corrected chi connectivity index (χ4v) is 2.33. The van der Waals surface area contributed by atoms with E-state index in [0.29, 0.717) is 5.02 Å². The third-order valence-corrected chi connectivity index (χ3v) is 3.92. The van der Waals surface area contributed by atoms with Crippen LogP contribution in [0.3, 0.4) is 0 Å². The van der Waals surface area contributed by atoms with Crippen LogP contribution < -0.4 is 0 Å². The van der Waals surface area contributed by atoms with E-state index in [-0.39, 0.29) is 6.16 Å². The summed E-state index contributed by atoms with van der Waals surface area (Å²) in [5, 5.41) is 0.612. The van der Waals surface area contributed by atoms with Gasteiger partial charge in [0.2, 0.25) is 0 Å². The largest absolute Gasteiger partial charge is 0.334 e. The summed E-state index contributed by atoms with van der Waals surface area (Å²) in [5.74, 6) is 0. The molecule has 3 nitrogen and oxygen atoms in total. The van der Waals surface area contributed by atoms with Gasteiger partial charge in [0.25, 0.3) is 0 Å². The molecule has 0 aliphatic rings. The number of hydrogen-bond acceptors (Lipinski definition) is 3. The average Bonchev–Trinajstić information content (AvgIpc) is 2.18. The Kier molecular flexibility index (Phi) is 4.14. The minimum atomic E-state index is -2.98. The van der Waals surface area contributed by atoms with Gasteiger partial charge >= 0.3 is 7.60 Å². The molecular formula is C9H12ClO3P. The smallest absolute Gasteiger partial charge is 0.312 e. The molecule has 0 saturated heterocycles. The lowest BCUT2D eigenvalue weighted by molar-refractivity contribution is 0.275. The van der Waals surface area contributed by atoms with Crippen molar-refractivity contribution in [2.75, 3.05) is 14.2 Å². The minimum Gasteiger partial charge on any atom is -0.312 e. The fourth-order valence-electron chi connectivity index (χ4n) is 1.06. The molecule has 0 aromatic heterocycles. The molecule has 0 unspecified atom stereocenters. The summed E-state index contributed by atoms with van der Waals surface area (Å²) >= 11 is 5.79. The van der Waals surface area contributed by atoms with Crippen molar-refractivity contribution >= 4 is 19.2 Å². The highest BCUT2D eigenvalue weighted by Crippen LogP contribution is 2.49. The predicted molar refractivity (Wildman–Crippen MR) is 56.8 cm³/mol. The van der Waals surface area contributed by atoms with Crippen molar-refractivity contribution in [1.29, 1.82) is 0 Å². The molecule has 0 bridgehead atoms. The van der Waals surface area contributed by atoms with Crippen molar-refractivity contribution in [3.8, 4) is 0 Å². The van der Waals surface area contributed by atoms with Gasteiger partial charge < -0.3 is 9.05 Å². The molecule has 0 fully saturated rings. The highest BCUT2D eigenvalue weighted by molar-refractivity contribution is 7.52. The first-order chi connectivity index (χ1) is 6.59. The number of benzene rings is 1. The summed E-state index contributed by atoms with van der Waals surface area (Å²) in [4.78, 5) is 0. The summed E-state index contributed by atoms with van der Waals surface area (Å²) in [5.41, 5.74) is 0.838. The zero-order chi connectivity index (χ0) is 10.6. The quantitative estimate of drug-likeness (QED) is 0.750. The van der Waals surface area contributed by atoms with Crippen LogP contribution in [0.15, 0.2) is 24.3 Å². The zero-order valence-electron chi connectivity index (χ0n) is 8.07. The fraction of sp³-hybridized carbons (Fsp3) is 0.333. The van der Waals surface area contributed by atoms with E-state index in [1.54, 1.807) is 18.2 Å². The van der Waals surface area contributed by atoms with Gasteiger partial charge in [0.15, 0.2) is 0 Å². The van der Waals surface area contributed by atoms with Gasteiger partial charge in [-0.05, 0) is 17.7 Å². The predicted octanol–water partition coefficient (Wildman–Crippen LogP) is 3.33. The third kappa shape index (κ3) is 3.10. The molecule has 5 heteroatoms. The van der Waals surface area contributed by atoms with Gasteiger partial charge in [0, 0.05) is 19.2 Å². The summed E-state index contributed by atoms with van der Waals surface area (Å²) < 4.78 is 21.4. The van der Waals surface area contributed by atoms with Gasteiger partial charge in [-0.3, -0.25) is 4.57 Å². The molecule has 0 heterocycles. The van der Waals surface area contributed by atoms with E-state index >= 15 is 0 Å². The Balaban J connectivity index is 2.83. The molecule has 1 aromatic carbocycles.